The highest BCUT2D eigenvalue weighted by Gasteiger charge is 2.41. The van der Waals surface area contributed by atoms with Crippen LogP contribution in [0.2, 0.25) is 0 Å². The first-order valence-electron chi connectivity index (χ1n) is 10.1. The van der Waals surface area contributed by atoms with E-state index in [-0.39, 0.29) is 11.9 Å². The molecule has 2 aromatic carbocycles. The molecule has 0 saturated carbocycles. The van der Waals surface area contributed by atoms with Crippen molar-refractivity contribution in [2.24, 2.45) is 20.5 Å². The van der Waals surface area contributed by atoms with Gasteiger partial charge < -0.3 is 0 Å². The Morgan fingerprint density at radius 1 is 0.686 bits per heavy atom. The quantitative estimate of drug-likeness (QED) is 0.351. The maximum Gasteiger partial charge on any atom is 0.288 e. The van der Waals surface area contributed by atoms with Crippen LogP contribution in [-0.4, -0.2) is 50.9 Å². The predicted octanol–water partition coefficient (Wildman–Crippen LogP) is 0.865. The average molecular weight is 473 g/mol. The van der Waals surface area contributed by atoms with Crippen LogP contribution in [0.3, 0.4) is 0 Å². The zero-order chi connectivity index (χ0) is 24.4. The lowest BCUT2D eigenvalue weighted by Crippen LogP contribution is -2.35. The largest absolute Gasteiger partial charge is 0.288 e. The van der Waals surface area contributed by atoms with Crippen molar-refractivity contribution in [2.75, 3.05) is 10.0 Å². The molecule has 3 heterocycles. The first-order valence-corrected chi connectivity index (χ1v) is 10.1. The molecule has 5 rings (SSSR count). The number of hydrogen-bond acceptors (Lipinski definition) is 10. The summed E-state index contributed by atoms with van der Waals surface area (Å²) >= 11 is 0. The molecule has 35 heavy (non-hydrogen) atoms. The van der Waals surface area contributed by atoms with Crippen LogP contribution in [0.15, 0.2) is 81.1 Å². The van der Waals surface area contributed by atoms with Gasteiger partial charge in [0, 0.05) is 0 Å². The van der Waals surface area contributed by atoms with E-state index in [2.05, 4.69) is 46.5 Å². The summed E-state index contributed by atoms with van der Waals surface area (Å²) in [7, 11) is 0. The second kappa shape index (κ2) is 8.89. The van der Waals surface area contributed by atoms with E-state index in [1.807, 2.05) is 0 Å². The van der Waals surface area contributed by atoms with E-state index in [0.717, 1.165) is 10.0 Å². The number of nitrogens with one attached hydrogen (secondary N) is 3. The molecule has 15 heteroatoms. The molecule has 174 valence electrons. The van der Waals surface area contributed by atoms with Gasteiger partial charge in [-0.2, -0.15) is 15.2 Å². The minimum absolute atomic E-state index is 0.161. The molecule has 2 aliphatic rings. The van der Waals surface area contributed by atoms with Crippen LogP contribution in [0.4, 0.5) is 23.3 Å². The van der Waals surface area contributed by atoms with Crippen molar-refractivity contribution in [3.63, 3.8) is 0 Å². The van der Waals surface area contributed by atoms with Gasteiger partial charge >= 0.3 is 0 Å². The van der Waals surface area contributed by atoms with Gasteiger partial charge in [-0.05, 0) is 24.3 Å². The molecule has 3 N–H and O–H groups in total. The Morgan fingerprint density at radius 3 is 1.69 bits per heavy atom. The summed E-state index contributed by atoms with van der Waals surface area (Å²) in [6.07, 6.45) is 0. The van der Waals surface area contributed by atoms with Crippen molar-refractivity contribution in [3.8, 4) is 0 Å². The van der Waals surface area contributed by atoms with Gasteiger partial charge in [-0.1, -0.05) is 36.4 Å². The zero-order valence-electron chi connectivity index (χ0n) is 17.6. The fourth-order valence-electron chi connectivity index (χ4n) is 3.22. The monoisotopic (exact) mass is 473 g/mol. The number of aromatic nitrogens is 3. The molecule has 0 spiro atoms. The molecule has 3 aromatic rings. The Kier molecular flexibility index (Phi) is 5.46. The van der Waals surface area contributed by atoms with Gasteiger partial charge in [-0.25, -0.2) is 15.1 Å². The van der Waals surface area contributed by atoms with E-state index in [9.17, 15) is 19.2 Å². The molecule has 0 bridgehead atoms. The van der Waals surface area contributed by atoms with Gasteiger partial charge in [0.05, 0.1) is 11.4 Å². The van der Waals surface area contributed by atoms with Crippen molar-refractivity contribution >= 4 is 46.9 Å². The number of nitrogens with zero attached hydrogens (tertiary/aromatic N) is 8. The van der Waals surface area contributed by atoms with Crippen LogP contribution in [0.5, 0.6) is 0 Å². The summed E-state index contributed by atoms with van der Waals surface area (Å²) in [5, 5.41) is 23.2. The maximum atomic E-state index is 12.5. The Bertz CT molecular complexity index is 1250. The highest BCUT2D eigenvalue weighted by Crippen LogP contribution is 2.21. The fraction of sp³-hybridized carbons (Fsp3) is 0.100. The van der Waals surface area contributed by atoms with Gasteiger partial charge in [-0.15, -0.1) is 15.3 Å². The molecular formula is C20H15N11O4. The number of amides is 4. The first-order chi connectivity index (χ1) is 17.0. The third-order valence-corrected chi connectivity index (χ3v) is 4.87. The van der Waals surface area contributed by atoms with E-state index in [1.165, 1.54) is 0 Å². The average Bonchev–Trinajstić information content (AvgIpc) is 3.53. The summed E-state index contributed by atoms with van der Waals surface area (Å²) in [5.74, 6) is -2.94. The lowest BCUT2D eigenvalue weighted by Gasteiger charge is -2.14. The van der Waals surface area contributed by atoms with Crippen molar-refractivity contribution in [1.29, 1.82) is 0 Å². The molecule has 1 aromatic heterocycles. The Hall–Kier alpha value is -5.34. The minimum atomic E-state index is -1.41. The summed E-state index contributed by atoms with van der Waals surface area (Å²) in [5.41, 5.74) is 5.79. The van der Waals surface area contributed by atoms with Crippen LogP contribution in [0.25, 0.3) is 0 Å². The fourth-order valence-corrected chi connectivity index (χ4v) is 3.22. The summed E-state index contributed by atoms with van der Waals surface area (Å²) in [6.45, 7) is 0. The Balaban J connectivity index is 1.24. The lowest BCUT2D eigenvalue weighted by atomic mass is 10.3. The smallest absolute Gasteiger partial charge is 0.270 e. The standard InChI is InChI=1S/C20H15N11O4/c32-15-13(17(34)30(28-15)11-7-3-1-4-8-11)22-24-19-21-20(27-26-19)25-23-14-16(33)29-31(18(14)35)12-9-5-2-6-10-12/h1-10,13-14H,(H,28,32)(H,29,33)(H,21,26,27). The second-order valence-electron chi connectivity index (χ2n) is 7.17. The number of rotatable bonds is 6. The molecular weight excluding hydrogens is 458 g/mol. The highest BCUT2D eigenvalue weighted by atomic mass is 16.2. The van der Waals surface area contributed by atoms with E-state index < -0.39 is 35.7 Å². The van der Waals surface area contributed by atoms with E-state index in [1.54, 1.807) is 60.7 Å². The SMILES string of the molecule is O=C1NN(c2ccccc2)C(=O)C1N=Nc1n[nH]c(N=NC2C(=O)NN(c3ccccc3)C2=O)n1. The van der Waals surface area contributed by atoms with Crippen LogP contribution in [0, 0.1) is 0 Å². The second-order valence-corrected chi connectivity index (χ2v) is 7.17. The number of para-hydroxylation sites is 2. The van der Waals surface area contributed by atoms with Gasteiger partial charge in [0.25, 0.3) is 35.5 Å². The normalized spacial score (nSPS) is 20.3. The minimum Gasteiger partial charge on any atom is -0.270 e. The van der Waals surface area contributed by atoms with Gasteiger partial charge in [0.15, 0.2) is 0 Å². The molecule has 4 amide bonds. The topological polar surface area (TPSA) is 190 Å². The number of hydrazine groups is 2. The molecule has 0 aliphatic carbocycles. The zero-order valence-corrected chi connectivity index (χ0v) is 17.6. The molecule has 2 unspecified atom stereocenters. The van der Waals surface area contributed by atoms with E-state index in [0.29, 0.717) is 11.4 Å². The molecule has 2 aliphatic heterocycles. The van der Waals surface area contributed by atoms with Crippen molar-refractivity contribution in [3.05, 3.63) is 60.7 Å². The number of benzene rings is 2. The Labute approximate surface area is 195 Å². The molecule has 0 radical (unpaired) electrons. The Morgan fingerprint density at radius 2 is 1.17 bits per heavy atom. The first kappa shape index (κ1) is 21.5. The summed E-state index contributed by atoms with van der Waals surface area (Å²) in [6, 6.07) is 14.2. The lowest BCUT2D eigenvalue weighted by molar-refractivity contribution is -0.125. The number of azo groups is 2. The summed E-state index contributed by atoms with van der Waals surface area (Å²) in [4.78, 5) is 53.2. The molecule has 2 atom stereocenters. The highest BCUT2D eigenvalue weighted by molar-refractivity contribution is 6.18. The molecule has 2 saturated heterocycles. The molecule has 15 nitrogen and oxygen atoms in total. The van der Waals surface area contributed by atoms with Crippen LogP contribution < -0.4 is 20.9 Å². The maximum absolute atomic E-state index is 12.5. The third-order valence-electron chi connectivity index (χ3n) is 4.87. The number of carbonyl (C=O) groups is 4. The number of aromatic amines is 1. The van der Waals surface area contributed by atoms with E-state index >= 15 is 0 Å². The van der Waals surface area contributed by atoms with Crippen molar-refractivity contribution in [1.82, 2.24) is 26.0 Å². The van der Waals surface area contributed by atoms with E-state index in [4.69, 9.17) is 0 Å². The third kappa shape index (κ3) is 4.20. The van der Waals surface area contributed by atoms with Gasteiger partial charge in [0.1, 0.15) is 0 Å². The van der Waals surface area contributed by atoms with Gasteiger partial charge in [-0.3, -0.25) is 30.0 Å². The number of hydrogen-bond donors (Lipinski definition) is 3. The van der Waals surface area contributed by atoms with Crippen molar-refractivity contribution < 1.29 is 19.2 Å². The van der Waals surface area contributed by atoms with Gasteiger partial charge in [0.2, 0.25) is 12.1 Å². The number of anilines is 2. The number of H-pyrrole nitrogens is 1. The van der Waals surface area contributed by atoms with Crippen LogP contribution >= 0.6 is 0 Å². The van der Waals surface area contributed by atoms with Crippen molar-refractivity contribution in [2.45, 2.75) is 12.1 Å². The molecule has 2 fully saturated rings. The summed E-state index contributed by atoms with van der Waals surface area (Å²) < 4.78 is 0. The van der Waals surface area contributed by atoms with Crippen LogP contribution in [0.1, 0.15) is 0 Å². The number of carbonyl (C=O) groups excluding carboxylic acids is 4. The predicted molar refractivity (Wildman–Crippen MR) is 117 cm³/mol. The van der Waals surface area contributed by atoms with Crippen LogP contribution in [-0.2, 0) is 19.2 Å².